The van der Waals surface area contributed by atoms with Crippen LogP contribution < -0.4 is 5.32 Å². The van der Waals surface area contributed by atoms with Gasteiger partial charge >= 0.3 is 0 Å². The van der Waals surface area contributed by atoms with E-state index in [0.717, 1.165) is 41.0 Å². The molecule has 0 bridgehead atoms. The first kappa shape index (κ1) is 17.4. The van der Waals surface area contributed by atoms with Gasteiger partial charge in [-0.15, -0.1) is 10.2 Å². The van der Waals surface area contributed by atoms with Gasteiger partial charge in [0.25, 0.3) is 0 Å². The molecule has 0 amide bonds. The summed E-state index contributed by atoms with van der Waals surface area (Å²) in [7, 11) is 0. The van der Waals surface area contributed by atoms with Crippen molar-refractivity contribution < 1.29 is 9.26 Å². The summed E-state index contributed by atoms with van der Waals surface area (Å²) in [5, 5.41) is 16.5. The monoisotopic (exact) mass is 389 g/mol. The van der Waals surface area contributed by atoms with Gasteiger partial charge in [-0.25, -0.2) is 0 Å². The molecule has 3 aromatic rings. The minimum absolute atomic E-state index is 0.286. The molecule has 26 heavy (non-hydrogen) atoms. The van der Waals surface area contributed by atoms with Gasteiger partial charge in [0.05, 0.1) is 11.9 Å². The number of ether oxygens (including phenoxy) is 1. The first-order valence-electron chi connectivity index (χ1n) is 8.48. The van der Waals surface area contributed by atoms with E-state index in [1.54, 1.807) is 11.8 Å². The summed E-state index contributed by atoms with van der Waals surface area (Å²) in [6, 6.07) is 8.06. The smallest absolute Gasteiger partial charge is 0.237 e. The highest BCUT2D eigenvalue weighted by atomic mass is 32.2. The number of aromatic nitrogens is 4. The Kier molecular flexibility index (Phi) is 5.47. The first-order chi connectivity index (χ1) is 12.8. The summed E-state index contributed by atoms with van der Waals surface area (Å²) in [5.74, 6) is 1.76. The molecule has 0 unspecified atom stereocenters. The van der Waals surface area contributed by atoms with E-state index >= 15 is 0 Å². The number of nitrogens with zero attached hydrogens (tertiary/aromatic N) is 4. The molecule has 1 fully saturated rings. The van der Waals surface area contributed by atoms with Crippen molar-refractivity contribution >= 4 is 28.2 Å². The molecule has 1 atom stereocenters. The van der Waals surface area contributed by atoms with Crippen molar-refractivity contribution in [3.8, 4) is 11.4 Å². The van der Waals surface area contributed by atoms with E-state index in [9.17, 15) is 0 Å². The van der Waals surface area contributed by atoms with Crippen LogP contribution in [0, 0.1) is 6.92 Å². The molecule has 0 aliphatic carbocycles. The van der Waals surface area contributed by atoms with Gasteiger partial charge in [0.1, 0.15) is 0 Å². The summed E-state index contributed by atoms with van der Waals surface area (Å²) in [6.45, 7) is 3.69. The number of nitrogens with one attached hydrogen (secondary N) is 1. The molecule has 0 radical (unpaired) electrons. The molecule has 1 aliphatic heterocycles. The Morgan fingerprint density at radius 2 is 2.15 bits per heavy atom. The molecule has 0 saturated carbocycles. The predicted molar refractivity (Wildman–Crippen MR) is 101 cm³/mol. The molecular weight excluding hydrogens is 370 g/mol. The van der Waals surface area contributed by atoms with Crippen LogP contribution in [0.25, 0.3) is 11.4 Å². The second-order valence-corrected chi connectivity index (χ2v) is 8.26. The van der Waals surface area contributed by atoms with Gasteiger partial charge in [0, 0.05) is 18.7 Å². The third-order valence-electron chi connectivity index (χ3n) is 4.01. The van der Waals surface area contributed by atoms with E-state index in [-0.39, 0.29) is 6.10 Å². The molecule has 1 saturated heterocycles. The molecule has 7 nitrogen and oxygen atoms in total. The lowest BCUT2D eigenvalue weighted by atomic mass is 10.1. The number of aryl methyl sites for hydroxylation is 1. The zero-order valence-corrected chi connectivity index (χ0v) is 16.0. The Balaban J connectivity index is 1.29. The van der Waals surface area contributed by atoms with Gasteiger partial charge in [-0.1, -0.05) is 58.1 Å². The van der Waals surface area contributed by atoms with Crippen LogP contribution in [-0.2, 0) is 10.5 Å². The predicted octanol–water partition coefficient (Wildman–Crippen LogP) is 3.78. The quantitative estimate of drug-likeness (QED) is 0.611. The molecule has 1 N–H and O–H groups in total. The summed E-state index contributed by atoms with van der Waals surface area (Å²) in [4.78, 5) is 4.45. The van der Waals surface area contributed by atoms with Gasteiger partial charge in [-0.2, -0.15) is 4.98 Å². The second-order valence-electron chi connectivity index (χ2n) is 6.06. The SMILES string of the molecule is Cc1ccc(-c2noc(CSc3nnc(NC[C@H]4CCCO4)s3)n2)cc1. The van der Waals surface area contributed by atoms with Crippen LogP contribution in [0.1, 0.15) is 24.3 Å². The zero-order valence-electron chi connectivity index (χ0n) is 14.3. The Hall–Kier alpha value is -1.97. The number of anilines is 1. The number of benzene rings is 1. The topological polar surface area (TPSA) is 86.0 Å². The van der Waals surface area contributed by atoms with Crippen LogP contribution in [0.2, 0.25) is 0 Å². The molecule has 9 heteroatoms. The molecular formula is C17H19N5O2S2. The van der Waals surface area contributed by atoms with Gasteiger partial charge in [-0.05, 0) is 19.8 Å². The summed E-state index contributed by atoms with van der Waals surface area (Å²) in [5.41, 5.74) is 2.15. The molecule has 4 rings (SSSR count). The molecule has 2 aromatic heterocycles. The standard InChI is InChI=1S/C17H19N5O2S2/c1-11-4-6-12(7-5-11)15-19-14(24-22-15)10-25-17-21-20-16(26-17)18-9-13-3-2-8-23-13/h4-7,13H,2-3,8-10H2,1H3,(H,18,20)/t13-/m1/s1. The van der Waals surface area contributed by atoms with Crippen molar-refractivity contribution in [1.29, 1.82) is 0 Å². The second kappa shape index (κ2) is 8.15. The maximum Gasteiger partial charge on any atom is 0.237 e. The van der Waals surface area contributed by atoms with E-state index in [4.69, 9.17) is 9.26 Å². The van der Waals surface area contributed by atoms with E-state index in [1.807, 2.05) is 31.2 Å². The normalized spacial score (nSPS) is 16.9. The van der Waals surface area contributed by atoms with Crippen molar-refractivity contribution in [2.24, 2.45) is 0 Å². The Labute approximate surface area is 159 Å². The minimum Gasteiger partial charge on any atom is -0.376 e. The lowest BCUT2D eigenvalue weighted by Crippen LogP contribution is -2.18. The van der Waals surface area contributed by atoms with Crippen molar-refractivity contribution in [2.75, 3.05) is 18.5 Å². The van der Waals surface area contributed by atoms with Crippen LogP contribution >= 0.6 is 23.1 Å². The zero-order chi connectivity index (χ0) is 17.8. The van der Waals surface area contributed by atoms with Crippen molar-refractivity contribution in [1.82, 2.24) is 20.3 Å². The Morgan fingerprint density at radius 3 is 2.96 bits per heavy atom. The van der Waals surface area contributed by atoms with Crippen molar-refractivity contribution in [2.45, 2.75) is 36.0 Å². The third kappa shape index (κ3) is 4.40. The van der Waals surface area contributed by atoms with Crippen molar-refractivity contribution in [3.05, 3.63) is 35.7 Å². The Bertz CT molecular complexity index is 843. The van der Waals surface area contributed by atoms with Crippen LogP contribution in [0.3, 0.4) is 0 Å². The van der Waals surface area contributed by atoms with E-state index in [2.05, 4.69) is 25.7 Å². The largest absolute Gasteiger partial charge is 0.376 e. The fourth-order valence-corrected chi connectivity index (χ4v) is 4.20. The summed E-state index contributed by atoms with van der Waals surface area (Å²) < 4.78 is 11.8. The molecule has 3 heterocycles. The highest BCUT2D eigenvalue weighted by Gasteiger charge is 2.16. The van der Waals surface area contributed by atoms with Crippen LogP contribution in [0.5, 0.6) is 0 Å². The maximum absolute atomic E-state index is 5.59. The minimum atomic E-state index is 0.286. The van der Waals surface area contributed by atoms with Crippen LogP contribution in [-0.4, -0.2) is 39.6 Å². The van der Waals surface area contributed by atoms with E-state index in [1.165, 1.54) is 16.9 Å². The number of thioether (sulfide) groups is 1. The fraction of sp³-hybridized carbons (Fsp3) is 0.412. The average Bonchev–Trinajstić information content (AvgIpc) is 3.40. The maximum atomic E-state index is 5.59. The lowest BCUT2D eigenvalue weighted by Gasteiger charge is -2.08. The van der Waals surface area contributed by atoms with E-state index < -0.39 is 0 Å². The third-order valence-corrected chi connectivity index (χ3v) is 6.01. The molecule has 1 aliphatic rings. The van der Waals surface area contributed by atoms with Crippen molar-refractivity contribution in [3.63, 3.8) is 0 Å². The van der Waals surface area contributed by atoms with Gasteiger partial charge in [0.2, 0.25) is 16.8 Å². The summed E-state index contributed by atoms with van der Waals surface area (Å²) >= 11 is 3.07. The fourth-order valence-electron chi connectivity index (χ4n) is 2.60. The van der Waals surface area contributed by atoms with Gasteiger partial charge < -0.3 is 14.6 Å². The Morgan fingerprint density at radius 1 is 1.27 bits per heavy atom. The number of hydrogen-bond acceptors (Lipinski definition) is 9. The number of hydrogen-bond donors (Lipinski definition) is 1. The first-order valence-corrected chi connectivity index (χ1v) is 10.3. The molecule has 0 spiro atoms. The highest BCUT2D eigenvalue weighted by molar-refractivity contribution is 8.00. The van der Waals surface area contributed by atoms with Gasteiger partial charge in [0.15, 0.2) is 4.34 Å². The average molecular weight is 390 g/mol. The van der Waals surface area contributed by atoms with Crippen LogP contribution in [0.4, 0.5) is 5.13 Å². The highest BCUT2D eigenvalue weighted by Crippen LogP contribution is 2.28. The van der Waals surface area contributed by atoms with Crippen LogP contribution in [0.15, 0.2) is 33.1 Å². The molecule has 1 aromatic carbocycles. The lowest BCUT2D eigenvalue weighted by molar-refractivity contribution is 0.120. The molecule has 136 valence electrons. The van der Waals surface area contributed by atoms with E-state index in [0.29, 0.717) is 17.5 Å². The summed E-state index contributed by atoms with van der Waals surface area (Å²) in [6.07, 6.45) is 2.53. The van der Waals surface area contributed by atoms with Gasteiger partial charge in [-0.3, -0.25) is 0 Å². The number of rotatable bonds is 7.